The van der Waals surface area contributed by atoms with E-state index in [-0.39, 0.29) is 24.5 Å². The van der Waals surface area contributed by atoms with Crippen molar-refractivity contribution < 1.29 is 14.6 Å². The number of methoxy groups -OCH3 is 1. The van der Waals surface area contributed by atoms with Crippen LogP contribution < -0.4 is 0 Å². The molecule has 1 rings (SSSR count). The molecule has 4 heteroatoms. The van der Waals surface area contributed by atoms with Crippen LogP contribution in [0.1, 0.15) is 32.0 Å². The molecular weight excluding hydrogens is 206 g/mol. The minimum absolute atomic E-state index is 0.0725. The zero-order valence-corrected chi connectivity index (χ0v) is 10.0. The van der Waals surface area contributed by atoms with E-state index in [1.54, 1.807) is 16.8 Å². The van der Waals surface area contributed by atoms with Crippen molar-refractivity contribution in [2.45, 2.75) is 32.9 Å². The van der Waals surface area contributed by atoms with Gasteiger partial charge in [0.15, 0.2) is 0 Å². The summed E-state index contributed by atoms with van der Waals surface area (Å²) in [5.74, 6) is -0.0922. The van der Waals surface area contributed by atoms with Crippen LogP contribution in [-0.2, 0) is 16.1 Å². The van der Waals surface area contributed by atoms with Gasteiger partial charge in [0.1, 0.15) is 6.04 Å². The van der Waals surface area contributed by atoms with E-state index in [1.807, 2.05) is 19.9 Å². The minimum atomic E-state index is -0.354. The number of hydrogen-bond donors (Lipinski definition) is 1. The molecule has 0 bridgehead atoms. The topological polar surface area (TPSA) is 51.5 Å². The summed E-state index contributed by atoms with van der Waals surface area (Å²) in [6.45, 7) is 3.96. The zero-order chi connectivity index (χ0) is 12.1. The maximum Gasteiger partial charge on any atom is 0.329 e. The number of hydrogen-bond acceptors (Lipinski definition) is 3. The van der Waals surface area contributed by atoms with Gasteiger partial charge in [0.25, 0.3) is 0 Å². The summed E-state index contributed by atoms with van der Waals surface area (Å²) in [6, 6.07) is 3.27. The molecule has 0 unspecified atom stereocenters. The first-order chi connectivity index (χ1) is 7.65. The molecule has 2 atom stereocenters. The summed E-state index contributed by atoms with van der Waals surface area (Å²) >= 11 is 0. The molecule has 0 aliphatic rings. The molecule has 0 fully saturated rings. The van der Waals surface area contributed by atoms with Gasteiger partial charge in [-0.3, -0.25) is 0 Å². The first-order valence-electron chi connectivity index (χ1n) is 5.50. The highest BCUT2D eigenvalue weighted by Crippen LogP contribution is 2.24. The largest absolute Gasteiger partial charge is 0.467 e. The van der Waals surface area contributed by atoms with Gasteiger partial charge in [-0.15, -0.1) is 0 Å². The summed E-state index contributed by atoms with van der Waals surface area (Å²) in [5.41, 5.74) is 0.732. The van der Waals surface area contributed by atoms with Gasteiger partial charge in [-0.2, -0.15) is 0 Å². The minimum Gasteiger partial charge on any atom is -0.467 e. The van der Waals surface area contributed by atoms with E-state index < -0.39 is 0 Å². The Bertz CT molecular complexity index is 346. The second kappa shape index (κ2) is 5.70. The second-order valence-corrected chi connectivity index (χ2v) is 3.92. The average molecular weight is 225 g/mol. The number of aromatic nitrogens is 1. The van der Waals surface area contributed by atoms with Gasteiger partial charge in [-0.25, -0.2) is 4.79 Å². The van der Waals surface area contributed by atoms with Crippen molar-refractivity contribution in [1.82, 2.24) is 4.57 Å². The summed E-state index contributed by atoms with van der Waals surface area (Å²) in [5, 5.41) is 9.19. The summed E-state index contributed by atoms with van der Waals surface area (Å²) in [4.78, 5) is 11.8. The van der Waals surface area contributed by atoms with Crippen molar-refractivity contribution in [3.05, 3.63) is 24.0 Å². The normalized spacial score (nSPS) is 14.5. The molecule has 0 amide bonds. The Labute approximate surface area is 95.8 Å². The molecule has 1 aromatic rings. The Morgan fingerprint density at radius 3 is 2.81 bits per heavy atom. The molecule has 1 heterocycles. The number of ether oxygens (including phenoxy) is 1. The third-order valence-electron chi connectivity index (χ3n) is 2.95. The van der Waals surface area contributed by atoms with E-state index in [4.69, 9.17) is 4.74 Å². The van der Waals surface area contributed by atoms with Crippen LogP contribution in [0.25, 0.3) is 0 Å². The van der Waals surface area contributed by atoms with Crippen molar-refractivity contribution in [3.63, 3.8) is 0 Å². The van der Waals surface area contributed by atoms with E-state index in [0.717, 1.165) is 12.1 Å². The van der Waals surface area contributed by atoms with E-state index in [1.165, 1.54) is 7.11 Å². The fraction of sp³-hybridized carbons (Fsp3) is 0.583. The summed E-state index contributed by atoms with van der Waals surface area (Å²) in [7, 11) is 1.39. The molecule has 1 aromatic heterocycles. The van der Waals surface area contributed by atoms with Gasteiger partial charge < -0.3 is 14.4 Å². The monoisotopic (exact) mass is 225 g/mol. The van der Waals surface area contributed by atoms with Gasteiger partial charge in [0, 0.05) is 11.9 Å². The maximum absolute atomic E-state index is 11.8. The predicted octanol–water partition coefficient (Wildman–Crippen LogP) is 1.74. The number of aliphatic hydroxyl groups excluding tert-OH is 1. The predicted molar refractivity (Wildman–Crippen MR) is 60.9 cm³/mol. The lowest BCUT2D eigenvalue weighted by molar-refractivity contribution is -0.146. The molecule has 0 saturated carbocycles. The maximum atomic E-state index is 11.8. The van der Waals surface area contributed by atoms with E-state index in [2.05, 4.69) is 0 Å². The number of esters is 1. The Morgan fingerprint density at radius 1 is 1.62 bits per heavy atom. The molecule has 0 aromatic carbocycles. The zero-order valence-electron chi connectivity index (χ0n) is 10.0. The fourth-order valence-corrected chi connectivity index (χ4v) is 1.80. The van der Waals surface area contributed by atoms with Crippen LogP contribution in [-0.4, -0.2) is 22.8 Å². The van der Waals surface area contributed by atoms with Crippen LogP contribution in [0.3, 0.4) is 0 Å². The average Bonchev–Trinajstić information content (AvgIpc) is 2.76. The van der Waals surface area contributed by atoms with Crippen molar-refractivity contribution in [3.8, 4) is 0 Å². The van der Waals surface area contributed by atoms with Crippen LogP contribution >= 0.6 is 0 Å². The van der Waals surface area contributed by atoms with Crippen molar-refractivity contribution >= 4 is 5.97 Å². The Morgan fingerprint density at radius 2 is 2.31 bits per heavy atom. The van der Waals surface area contributed by atoms with E-state index in [9.17, 15) is 9.90 Å². The molecule has 0 saturated heterocycles. The Balaban J connectivity index is 3.05. The number of aliphatic hydroxyl groups is 1. The molecule has 0 spiro atoms. The fourth-order valence-electron chi connectivity index (χ4n) is 1.80. The number of carbonyl (C=O) groups excluding carboxylic acids is 1. The van der Waals surface area contributed by atoms with Crippen LogP contribution in [0.15, 0.2) is 18.3 Å². The molecule has 90 valence electrons. The highest BCUT2D eigenvalue weighted by molar-refractivity contribution is 5.74. The molecule has 0 aliphatic heterocycles. The Kier molecular flexibility index (Phi) is 4.55. The molecular formula is C12H19NO3. The van der Waals surface area contributed by atoms with Gasteiger partial charge in [0.2, 0.25) is 0 Å². The van der Waals surface area contributed by atoms with Gasteiger partial charge in [0.05, 0.1) is 13.7 Å². The van der Waals surface area contributed by atoms with Gasteiger partial charge >= 0.3 is 5.97 Å². The van der Waals surface area contributed by atoms with Crippen molar-refractivity contribution in [2.24, 2.45) is 5.92 Å². The summed E-state index contributed by atoms with van der Waals surface area (Å²) in [6.07, 6.45) is 2.68. The van der Waals surface area contributed by atoms with Crippen LogP contribution in [0.2, 0.25) is 0 Å². The number of carbonyl (C=O) groups is 1. The van der Waals surface area contributed by atoms with Crippen molar-refractivity contribution in [2.75, 3.05) is 7.11 Å². The Hall–Kier alpha value is -1.29. The van der Waals surface area contributed by atoms with Crippen LogP contribution in [0.5, 0.6) is 0 Å². The smallest absolute Gasteiger partial charge is 0.329 e. The standard InChI is InChI=1S/C12H19NO3/c1-4-9(2)11(12(15)16-3)13-7-5-6-10(13)8-14/h5-7,9,11,14H,4,8H2,1-3H3/t9-,11-/m0/s1. The van der Waals surface area contributed by atoms with Crippen LogP contribution in [0.4, 0.5) is 0 Å². The quantitative estimate of drug-likeness (QED) is 0.776. The second-order valence-electron chi connectivity index (χ2n) is 3.92. The molecule has 0 radical (unpaired) electrons. The van der Waals surface area contributed by atoms with E-state index in [0.29, 0.717) is 0 Å². The number of nitrogens with zero attached hydrogens (tertiary/aromatic N) is 1. The van der Waals surface area contributed by atoms with Gasteiger partial charge in [-0.1, -0.05) is 20.3 Å². The third kappa shape index (κ3) is 2.44. The first kappa shape index (κ1) is 12.8. The SMILES string of the molecule is CC[C@H](C)[C@@H](C(=O)OC)n1cccc1CO. The van der Waals surface area contributed by atoms with Crippen molar-refractivity contribution in [1.29, 1.82) is 0 Å². The summed E-state index contributed by atoms with van der Waals surface area (Å²) < 4.78 is 6.61. The lowest BCUT2D eigenvalue weighted by Gasteiger charge is -2.24. The molecule has 16 heavy (non-hydrogen) atoms. The molecule has 4 nitrogen and oxygen atoms in total. The lowest BCUT2D eigenvalue weighted by atomic mass is 9.99. The van der Waals surface area contributed by atoms with Gasteiger partial charge in [-0.05, 0) is 18.1 Å². The van der Waals surface area contributed by atoms with E-state index >= 15 is 0 Å². The van der Waals surface area contributed by atoms with Crippen LogP contribution in [0, 0.1) is 5.92 Å². The third-order valence-corrected chi connectivity index (χ3v) is 2.95. The molecule has 0 aliphatic carbocycles. The highest BCUT2D eigenvalue weighted by atomic mass is 16.5. The lowest BCUT2D eigenvalue weighted by Crippen LogP contribution is -2.27. The number of rotatable bonds is 5. The highest BCUT2D eigenvalue weighted by Gasteiger charge is 2.27. The first-order valence-corrected chi connectivity index (χ1v) is 5.50. The molecule has 1 N–H and O–H groups in total.